The number of anilines is 1. The van der Waals surface area contributed by atoms with E-state index in [9.17, 15) is 23.1 Å². The maximum atomic E-state index is 13.8. The number of carboxylic acid groups (broad SMARTS) is 1. The molecule has 0 radical (unpaired) electrons. The number of rotatable bonds is 6. The summed E-state index contributed by atoms with van der Waals surface area (Å²) in [6.07, 6.45) is 3.14. The Labute approximate surface area is 243 Å². The van der Waals surface area contributed by atoms with Crippen molar-refractivity contribution in [3.05, 3.63) is 81.2 Å². The van der Waals surface area contributed by atoms with E-state index in [1.54, 1.807) is 24.3 Å². The van der Waals surface area contributed by atoms with Gasteiger partial charge in [0, 0.05) is 41.2 Å². The second kappa shape index (κ2) is 10.7. The van der Waals surface area contributed by atoms with Gasteiger partial charge in [0.25, 0.3) is 0 Å². The summed E-state index contributed by atoms with van der Waals surface area (Å²) in [4.78, 5) is 17.3. The molecule has 212 valence electrons. The van der Waals surface area contributed by atoms with Gasteiger partial charge in [-0.05, 0) is 68.0 Å². The number of pyridine rings is 1. The number of halogens is 5. The van der Waals surface area contributed by atoms with E-state index >= 15 is 0 Å². The predicted octanol–water partition coefficient (Wildman–Crippen LogP) is 8.72. The molecule has 1 N–H and O–H groups in total. The lowest BCUT2D eigenvalue weighted by Crippen LogP contribution is -2.33. The highest BCUT2D eigenvalue weighted by Gasteiger charge is 2.35. The molecule has 0 bridgehead atoms. The molecule has 1 saturated heterocycles. The van der Waals surface area contributed by atoms with E-state index in [1.807, 2.05) is 11.0 Å². The Hall–Kier alpha value is -3.56. The van der Waals surface area contributed by atoms with Crippen molar-refractivity contribution in [3.63, 3.8) is 0 Å². The Morgan fingerprint density at radius 2 is 1.76 bits per heavy atom. The van der Waals surface area contributed by atoms with Gasteiger partial charge in [-0.1, -0.05) is 46.6 Å². The summed E-state index contributed by atoms with van der Waals surface area (Å²) in [6, 6.07) is 10.5. The van der Waals surface area contributed by atoms with Crippen LogP contribution in [0.2, 0.25) is 10.0 Å². The van der Waals surface area contributed by atoms with Crippen LogP contribution in [0.3, 0.4) is 0 Å². The number of carboxylic acids is 1. The van der Waals surface area contributed by atoms with E-state index in [4.69, 9.17) is 27.7 Å². The summed E-state index contributed by atoms with van der Waals surface area (Å²) >= 11 is 12.9. The Morgan fingerprint density at radius 3 is 2.39 bits per heavy atom. The van der Waals surface area contributed by atoms with Gasteiger partial charge in [-0.3, -0.25) is 0 Å². The van der Waals surface area contributed by atoms with Crippen molar-refractivity contribution in [2.24, 2.45) is 5.92 Å². The lowest BCUT2D eigenvalue weighted by Gasteiger charge is -2.32. The summed E-state index contributed by atoms with van der Waals surface area (Å²) in [7, 11) is 0. The van der Waals surface area contributed by atoms with Crippen LogP contribution in [-0.4, -0.2) is 34.3 Å². The Kier molecular flexibility index (Phi) is 7.20. The third-order valence-electron chi connectivity index (χ3n) is 7.66. The minimum Gasteiger partial charge on any atom is -0.477 e. The van der Waals surface area contributed by atoms with Gasteiger partial charge < -0.3 is 14.5 Å². The number of benzene rings is 2. The van der Waals surface area contributed by atoms with Crippen molar-refractivity contribution in [3.8, 4) is 11.3 Å². The number of aromatic nitrogens is 2. The number of piperidine rings is 1. The molecule has 2 aromatic heterocycles. The van der Waals surface area contributed by atoms with Crippen LogP contribution in [0.4, 0.5) is 18.9 Å². The Balaban J connectivity index is 1.22. The van der Waals surface area contributed by atoms with Crippen LogP contribution in [0.15, 0.2) is 53.1 Å². The topological polar surface area (TPSA) is 79.5 Å². The second-order valence-corrected chi connectivity index (χ2v) is 11.2. The summed E-state index contributed by atoms with van der Waals surface area (Å²) < 4.78 is 47.1. The molecule has 4 aromatic rings. The molecule has 6 rings (SSSR count). The molecule has 6 nitrogen and oxygen atoms in total. The summed E-state index contributed by atoms with van der Waals surface area (Å²) in [5.74, 6) is -0.0987. The average Bonchev–Trinajstić information content (AvgIpc) is 3.70. The number of alkyl halides is 3. The zero-order valence-electron chi connectivity index (χ0n) is 21.6. The molecule has 1 aliphatic carbocycles. The fourth-order valence-electron chi connectivity index (χ4n) is 5.35. The van der Waals surface area contributed by atoms with Crippen LogP contribution >= 0.6 is 23.2 Å². The molecule has 3 heterocycles. The standard InChI is InChI=1S/C30H24Cl2F3N3O3/c31-22-2-1-3-23(32)26(22)27-19(28(41-37-27)17-5-6-17)8-4-16-10-12-38(13-11-16)18-7-9-24-20(14-18)21(30(33,34)35)15-25(36-24)29(39)40/h1-4,7-9,14-17H,5-6,10-13H2,(H,39,40)/b8-4+. The molecule has 1 aliphatic heterocycles. The molecular weight excluding hydrogens is 578 g/mol. The number of hydrogen-bond acceptors (Lipinski definition) is 5. The van der Waals surface area contributed by atoms with E-state index < -0.39 is 23.4 Å². The first-order valence-corrected chi connectivity index (χ1v) is 14.0. The van der Waals surface area contributed by atoms with Crippen molar-refractivity contribution in [2.45, 2.75) is 37.8 Å². The summed E-state index contributed by atoms with van der Waals surface area (Å²) in [6.45, 7) is 1.29. The van der Waals surface area contributed by atoms with E-state index in [2.05, 4.69) is 16.2 Å². The smallest absolute Gasteiger partial charge is 0.417 e. The lowest BCUT2D eigenvalue weighted by atomic mass is 9.94. The number of nitrogens with zero attached hydrogens (tertiary/aromatic N) is 3. The van der Waals surface area contributed by atoms with Gasteiger partial charge in [0.2, 0.25) is 0 Å². The summed E-state index contributed by atoms with van der Waals surface area (Å²) in [5, 5.41) is 14.4. The number of fused-ring (bicyclic) bond motifs is 1. The molecular formula is C30H24Cl2F3N3O3. The van der Waals surface area contributed by atoms with Gasteiger partial charge in [-0.2, -0.15) is 13.2 Å². The zero-order valence-corrected chi connectivity index (χ0v) is 23.1. The van der Waals surface area contributed by atoms with Crippen LogP contribution in [0.1, 0.15) is 59.0 Å². The van der Waals surface area contributed by atoms with E-state index in [1.165, 1.54) is 12.1 Å². The highest BCUT2D eigenvalue weighted by Crippen LogP contribution is 2.46. The maximum absolute atomic E-state index is 13.8. The third kappa shape index (κ3) is 5.53. The van der Waals surface area contributed by atoms with E-state index in [0.29, 0.717) is 52.1 Å². The highest BCUT2D eigenvalue weighted by atomic mass is 35.5. The van der Waals surface area contributed by atoms with Crippen LogP contribution in [0, 0.1) is 5.92 Å². The molecule has 41 heavy (non-hydrogen) atoms. The second-order valence-electron chi connectivity index (χ2n) is 10.4. The number of hydrogen-bond donors (Lipinski definition) is 1. The van der Waals surface area contributed by atoms with E-state index in [-0.39, 0.29) is 16.8 Å². The first-order chi connectivity index (χ1) is 19.6. The van der Waals surface area contributed by atoms with Crippen molar-refractivity contribution in [1.29, 1.82) is 0 Å². The fraction of sp³-hybridized carbons (Fsp3) is 0.300. The molecule has 0 atom stereocenters. The van der Waals surface area contributed by atoms with Gasteiger partial charge in [-0.15, -0.1) is 0 Å². The number of allylic oxidation sites excluding steroid dienone is 1. The molecule has 1 saturated carbocycles. The van der Waals surface area contributed by atoms with Gasteiger partial charge in [0.1, 0.15) is 17.1 Å². The lowest BCUT2D eigenvalue weighted by molar-refractivity contribution is -0.136. The largest absolute Gasteiger partial charge is 0.477 e. The van der Waals surface area contributed by atoms with Crippen molar-refractivity contribution >= 4 is 51.8 Å². The van der Waals surface area contributed by atoms with Gasteiger partial charge in [0.05, 0.1) is 21.1 Å². The fourth-order valence-corrected chi connectivity index (χ4v) is 5.93. The Morgan fingerprint density at radius 1 is 1.05 bits per heavy atom. The van der Waals surface area contributed by atoms with Gasteiger partial charge in [-0.25, -0.2) is 9.78 Å². The molecule has 2 aliphatic rings. The van der Waals surface area contributed by atoms with Crippen molar-refractivity contribution in [1.82, 2.24) is 10.1 Å². The predicted molar refractivity (Wildman–Crippen MR) is 152 cm³/mol. The summed E-state index contributed by atoms with van der Waals surface area (Å²) in [5.41, 5.74) is 1.13. The third-order valence-corrected chi connectivity index (χ3v) is 8.29. The molecule has 11 heteroatoms. The molecule has 2 aromatic carbocycles. The monoisotopic (exact) mass is 601 g/mol. The maximum Gasteiger partial charge on any atom is 0.417 e. The quantitative estimate of drug-likeness (QED) is 0.238. The van der Waals surface area contributed by atoms with Crippen molar-refractivity contribution < 1.29 is 27.6 Å². The van der Waals surface area contributed by atoms with Crippen LogP contribution in [0.25, 0.3) is 28.2 Å². The molecule has 2 fully saturated rings. The van der Waals surface area contributed by atoms with Gasteiger partial charge in [0.15, 0.2) is 0 Å². The van der Waals surface area contributed by atoms with E-state index in [0.717, 1.165) is 37.0 Å². The van der Waals surface area contributed by atoms with Crippen molar-refractivity contribution in [2.75, 3.05) is 18.0 Å². The first kappa shape index (κ1) is 27.6. The average molecular weight is 602 g/mol. The highest BCUT2D eigenvalue weighted by molar-refractivity contribution is 6.39. The van der Waals surface area contributed by atoms with Gasteiger partial charge >= 0.3 is 12.1 Å². The normalized spacial score (nSPS) is 16.7. The van der Waals surface area contributed by atoms with Crippen LogP contribution in [-0.2, 0) is 6.18 Å². The minimum absolute atomic E-state index is 0.00610. The molecule has 0 unspecified atom stereocenters. The molecule has 0 spiro atoms. The minimum atomic E-state index is -4.71. The zero-order chi connectivity index (χ0) is 28.9. The number of carbonyl (C=O) groups is 1. The number of aromatic carboxylic acids is 1. The SMILES string of the molecule is O=C(O)c1cc(C(F)(F)F)c2cc(N3CCC(/C=C/c4c(-c5c(Cl)cccc5Cl)noc4C4CC4)CC3)ccc2n1. The Bertz CT molecular complexity index is 1650. The van der Waals surface area contributed by atoms with Crippen LogP contribution < -0.4 is 4.90 Å². The molecule has 0 amide bonds. The van der Waals surface area contributed by atoms with Crippen LogP contribution in [0.5, 0.6) is 0 Å². The first-order valence-electron chi connectivity index (χ1n) is 13.2.